The first kappa shape index (κ1) is 21.8. The van der Waals surface area contributed by atoms with E-state index in [4.69, 9.17) is 0 Å². The minimum absolute atomic E-state index is 0. The fourth-order valence-corrected chi connectivity index (χ4v) is 3.27. The van der Waals surface area contributed by atoms with Crippen LogP contribution in [0.5, 0.6) is 0 Å². The highest BCUT2D eigenvalue weighted by Gasteiger charge is 2.02. The first-order valence-electron chi connectivity index (χ1n) is 9.75. The molecule has 0 aliphatic carbocycles. The number of aryl methyl sites for hydroxylation is 1. The Kier molecular flexibility index (Phi) is 7.83. The number of halogens is 1. The molecular weight excluding hydrogens is 489 g/mol. The van der Waals surface area contributed by atoms with Crippen LogP contribution in [0.15, 0.2) is 78.6 Å². The van der Waals surface area contributed by atoms with Crippen molar-refractivity contribution >= 4 is 40.8 Å². The van der Waals surface area contributed by atoms with Crippen LogP contribution in [0.4, 0.5) is 0 Å². The van der Waals surface area contributed by atoms with Gasteiger partial charge in [-0.3, -0.25) is 9.56 Å². The van der Waals surface area contributed by atoms with Crippen LogP contribution >= 0.6 is 24.0 Å². The quantitative estimate of drug-likeness (QED) is 0.171. The van der Waals surface area contributed by atoms with Crippen molar-refractivity contribution in [2.45, 2.75) is 19.5 Å². The maximum atomic E-state index is 4.47. The van der Waals surface area contributed by atoms with Crippen molar-refractivity contribution < 1.29 is 0 Å². The van der Waals surface area contributed by atoms with Crippen LogP contribution in [0.1, 0.15) is 12.0 Å². The average molecular weight is 515 g/mol. The Morgan fingerprint density at radius 2 is 1.97 bits per heavy atom. The Bertz CT molecular complexity index is 1070. The van der Waals surface area contributed by atoms with Crippen molar-refractivity contribution in [3.05, 3.63) is 79.1 Å². The molecule has 4 aromatic rings. The number of fused-ring (bicyclic) bond motifs is 1. The summed E-state index contributed by atoms with van der Waals surface area (Å²) in [5.41, 5.74) is 2.37. The minimum Gasteiger partial charge on any atom is -0.356 e. The standard InChI is InChI=1S/C22H25N7.HI/c1-23-22(25-10-4-12-28-13-9-19-5-2-3-6-20(19)28)27-16-18-7-8-21(26-15-18)29-14-11-24-17-29;/h2-3,5-9,11,13-15,17H,4,10,12,16H2,1H3,(H2,23,25,27);1H. The molecule has 156 valence electrons. The predicted molar refractivity (Wildman–Crippen MR) is 132 cm³/mol. The smallest absolute Gasteiger partial charge is 0.191 e. The lowest BCUT2D eigenvalue weighted by Gasteiger charge is -2.12. The molecule has 0 atom stereocenters. The molecule has 0 aliphatic rings. The maximum absolute atomic E-state index is 4.47. The first-order chi connectivity index (χ1) is 14.3. The molecule has 30 heavy (non-hydrogen) atoms. The number of nitrogens with one attached hydrogen (secondary N) is 2. The lowest BCUT2D eigenvalue weighted by atomic mass is 10.2. The van der Waals surface area contributed by atoms with E-state index >= 15 is 0 Å². The van der Waals surface area contributed by atoms with Gasteiger partial charge < -0.3 is 15.2 Å². The largest absolute Gasteiger partial charge is 0.356 e. The van der Waals surface area contributed by atoms with Gasteiger partial charge in [0.15, 0.2) is 5.96 Å². The van der Waals surface area contributed by atoms with E-state index in [0.29, 0.717) is 6.54 Å². The zero-order chi connectivity index (χ0) is 19.9. The monoisotopic (exact) mass is 515 g/mol. The normalized spacial score (nSPS) is 11.3. The summed E-state index contributed by atoms with van der Waals surface area (Å²) < 4.78 is 4.17. The highest BCUT2D eigenvalue weighted by molar-refractivity contribution is 14.0. The van der Waals surface area contributed by atoms with E-state index < -0.39 is 0 Å². The molecule has 3 aromatic heterocycles. The second-order valence-electron chi connectivity index (χ2n) is 6.77. The number of hydrogen-bond donors (Lipinski definition) is 2. The van der Waals surface area contributed by atoms with Crippen molar-refractivity contribution in [1.29, 1.82) is 0 Å². The summed E-state index contributed by atoms with van der Waals surface area (Å²) in [6.07, 6.45) is 10.4. The molecular formula is C22H26IN7. The molecule has 8 heteroatoms. The van der Waals surface area contributed by atoms with Crippen LogP contribution in [-0.4, -0.2) is 38.7 Å². The fourth-order valence-electron chi connectivity index (χ4n) is 3.27. The van der Waals surface area contributed by atoms with Crippen molar-refractivity contribution in [3.8, 4) is 5.82 Å². The summed E-state index contributed by atoms with van der Waals surface area (Å²) in [6.45, 7) is 2.49. The van der Waals surface area contributed by atoms with Gasteiger partial charge in [-0.1, -0.05) is 24.3 Å². The van der Waals surface area contributed by atoms with Crippen LogP contribution in [0.2, 0.25) is 0 Å². The van der Waals surface area contributed by atoms with Crippen molar-refractivity contribution in [2.75, 3.05) is 13.6 Å². The molecule has 0 radical (unpaired) electrons. The number of para-hydroxylation sites is 1. The molecule has 4 rings (SSSR count). The third-order valence-electron chi connectivity index (χ3n) is 4.81. The van der Waals surface area contributed by atoms with E-state index in [1.165, 1.54) is 10.9 Å². The third-order valence-corrected chi connectivity index (χ3v) is 4.81. The Hall–Kier alpha value is -2.88. The second kappa shape index (κ2) is 10.8. The first-order valence-corrected chi connectivity index (χ1v) is 9.75. The fraction of sp³-hybridized carbons (Fsp3) is 0.227. The summed E-state index contributed by atoms with van der Waals surface area (Å²) in [7, 11) is 1.79. The number of benzene rings is 1. The van der Waals surface area contributed by atoms with E-state index in [0.717, 1.165) is 36.9 Å². The molecule has 7 nitrogen and oxygen atoms in total. The van der Waals surface area contributed by atoms with Crippen LogP contribution in [0.3, 0.4) is 0 Å². The number of rotatable bonds is 7. The summed E-state index contributed by atoms with van der Waals surface area (Å²) in [5, 5.41) is 8.00. The van der Waals surface area contributed by atoms with Crippen molar-refractivity contribution in [3.63, 3.8) is 0 Å². The number of imidazole rings is 1. The maximum Gasteiger partial charge on any atom is 0.191 e. The van der Waals surface area contributed by atoms with Crippen molar-refractivity contribution in [2.24, 2.45) is 4.99 Å². The summed E-state index contributed by atoms with van der Waals surface area (Å²) in [6, 6.07) is 14.7. The SMILES string of the molecule is CN=C(NCCCn1ccc2ccccc21)NCc1ccc(-n2ccnc2)nc1.I. The molecule has 0 amide bonds. The summed E-state index contributed by atoms with van der Waals surface area (Å²) in [5.74, 6) is 1.65. The molecule has 0 bridgehead atoms. The van der Waals surface area contributed by atoms with Crippen LogP contribution in [0.25, 0.3) is 16.7 Å². The van der Waals surface area contributed by atoms with Gasteiger partial charge in [-0.15, -0.1) is 24.0 Å². The summed E-state index contributed by atoms with van der Waals surface area (Å²) >= 11 is 0. The second-order valence-corrected chi connectivity index (χ2v) is 6.77. The third kappa shape index (κ3) is 5.38. The molecule has 0 saturated heterocycles. The zero-order valence-corrected chi connectivity index (χ0v) is 19.2. The molecule has 0 spiro atoms. The van der Waals surface area contributed by atoms with Gasteiger partial charge >= 0.3 is 0 Å². The van der Waals surface area contributed by atoms with Crippen molar-refractivity contribution in [1.82, 2.24) is 29.7 Å². The van der Waals surface area contributed by atoms with Gasteiger partial charge in [0.25, 0.3) is 0 Å². The van der Waals surface area contributed by atoms with Gasteiger partial charge in [-0.25, -0.2) is 9.97 Å². The van der Waals surface area contributed by atoms with Gasteiger partial charge in [0.05, 0.1) is 0 Å². The van der Waals surface area contributed by atoms with E-state index in [9.17, 15) is 0 Å². The van der Waals surface area contributed by atoms with Crippen LogP contribution in [0, 0.1) is 0 Å². The molecule has 3 heterocycles. The Morgan fingerprint density at radius 3 is 2.73 bits per heavy atom. The van der Waals surface area contributed by atoms with Gasteiger partial charge in [0.1, 0.15) is 12.1 Å². The van der Waals surface area contributed by atoms with Gasteiger partial charge in [-0.2, -0.15) is 0 Å². The highest BCUT2D eigenvalue weighted by Crippen LogP contribution is 2.15. The number of nitrogens with zero attached hydrogens (tertiary/aromatic N) is 5. The van der Waals surface area contributed by atoms with E-state index in [1.807, 2.05) is 23.0 Å². The highest BCUT2D eigenvalue weighted by atomic mass is 127. The topological polar surface area (TPSA) is 72.1 Å². The molecule has 0 saturated carbocycles. The predicted octanol–water partition coefficient (Wildman–Crippen LogP) is 3.60. The Morgan fingerprint density at radius 1 is 1.07 bits per heavy atom. The molecule has 0 unspecified atom stereocenters. The van der Waals surface area contributed by atoms with Gasteiger partial charge in [0.2, 0.25) is 0 Å². The average Bonchev–Trinajstić information content (AvgIpc) is 3.44. The van der Waals surface area contributed by atoms with Crippen LogP contribution < -0.4 is 10.6 Å². The van der Waals surface area contributed by atoms with Crippen LogP contribution in [-0.2, 0) is 13.1 Å². The number of aromatic nitrogens is 4. The Balaban J connectivity index is 0.00000256. The lowest BCUT2D eigenvalue weighted by molar-refractivity contribution is 0.640. The van der Waals surface area contributed by atoms with E-state index in [-0.39, 0.29) is 24.0 Å². The number of aliphatic imine (C=N–C) groups is 1. The molecule has 0 fully saturated rings. The Labute approximate surface area is 193 Å². The van der Waals surface area contributed by atoms with E-state index in [1.54, 1.807) is 19.6 Å². The van der Waals surface area contributed by atoms with Gasteiger partial charge in [-0.05, 0) is 35.6 Å². The molecule has 1 aromatic carbocycles. The minimum atomic E-state index is 0. The van der Waals surface area contributed by atoms with Gasteiger partial charge in [0, 0.05) is 57.0 Å². The molecule has 0 aliphatic heterocycles. The number of hydrogen-bond acceptors (Lipinski definition) is 3. The lowest BCUT2D eigenvalue weighted by Crippen LogP contribution is -2.37. The molecule has 2 N–H and O–H groups in total. The summed E-state index contributed by atoms with van der Waals surface area (Å²) in [4.78, 5) is 12.8. The zero-order valence-electron chi connectivity index (χ0n) is 16.9. The number of guanidine groups is 1. The van der Waals surface area contributed by atoms with E-state index in [2.05, 4.69) is 72.8 Å². The number of pyridine rings is 1.